The summed E-state index contributed by atoms with van der Waals surface area (Å²) in [7, 11) is 0. The van der Waals surface area contributed by atoms with Gasteiger partial charge >= 0.3 is 6.18 Å². The van der Waals surface area contributed by atoms with Crippen molar-refractivity contribution in [3.63, 3.8) is 0 Å². The molecule has 0 aliphatic carbocycles. The lowest BCUT2D eigenvalue weighted by atomic mass is 10.0. The van der Waals surface area contributed by atoms with Gasteiger partial charge in [0, 0.05) is 29.0 Å². The van der Waals surface area contributed by atoms with Gasteiger partial charge in [0.2, 0.25) is 0 Å². The van der Waals surface area contributed by atoms with Crippen LogP contribution in [-0.4, -0.2) is 16.5 Å². The van der Waals surface area contributed by atoms with Crippen LogP contribution in [0, 0.1) is 6.92 Å². The molecule has 21 heavy (non-hydrogen) atoms. The molecule has 1 N–H and O–H groups in total. The molecule has 7 heteroatoms. The minimum Gasteiger partial charge on any atom is -0.305 e. The normalized spacial score (nSPS) is 13.4. The Morgan fingerprint density at radius 2 is 2.10 bits per heavy atom. The number of thiazole rings is 1. The Bertz CT molecular complexity index is 595. The predicted octanol–water partition coefficient (Wildman–Crippen LogP) is 3.95. The van der Waals surface area contributed by atoms with E-state index in [4.69, 9.17) is 0 Å². The number of aromatic nitrogens is 2. The zero-order chi connectivity index (χ0) is 15.5. The molecule has 1 unspecified atom stereocenters. The fourth-order valence-electron chi connectivity index (χ4n) is 2.06. The van der Waals surface area contributed by atoms with E-state index in [1.165, 1.54) is 23.7 Å². The summed E-state index contributed by atoms with van der Waals surface area (Å²) >= 11 is 1.39. The highest BCUT2D eigenvalue weighted by atomic mass is 32.1. The van der Waals surface area contributed by atoms with E-state index in [1.807, 2.05) is 13.8 Å². The molecule has 1 atom stereocenters. The Balaban J connectivity index is 2.46. The first-order chi connectivity index (χ1) is 9.93. The maximum absolute atomic E-state index is 13.2. The summed E-state index contributed by atoms with van der Waals surface area (Å²) in [4.78, 5) is 8.77. The topological polar surface area (TPSA) is 37.8 Å². The van der Waals surface area contributed by atoms with E-state index in [1.54, 1.807) is 6.20 Å². The average Bonchev–Trinajstić information content (AvgIpc) is 2.85. The van der Waals surface area contributed by atoms with Crippen LogP contribution >= 0.6 is 11.3 Å². The summed E-state index contributed by atoms with van der Waals surface area (Å²) in [6.07, 6.45) is 0.507. The van der Waals surface area contributed by atoms with Gasteiger partial charge < -0.3 is 5.32 Å². The quantitative estimate of drug-likeness (QED) is 0.907. The van der Waals surface area contributed by atoms with Crippen molar-refractivity contribution in [1.29, 1.82) is 0 Å². The molecule has 0 radical (unpaired) electrons. The number of nitrogens with zero attached hydrogens (tertiary/aromatic N) is 2. The zero-order valence-corrected chi connectivity index (χ0v) is 12.6. The summed E-state index contributed by atoms with van der Waals surface area (Å²) in [5.41, 5.74) is -0.515. The van der Waals surface area contributed by atoms with Gasteiger partial charge in [-0.2, -0.15) is 13.2 Å². The minimum atomic E-state index is -4.40. The molecule has 3 nitrogen and oxygen atoms in total. The number of rotatable bonds is 5. The first kappa shape index (κ1) is 15.9. The smallest absolute Gasteiger partial charge is 0.305 e. The molecule has 0 bridgehead atoms. The molecule has 114 valence electrons. The predicted molar refractivity (Wildman–Crippen MR) is 76.2 cm³/mol. The molecule has 0 amide bonds. The molecular formula is C14H16F3N3S. The van der Waals surface area contributed by atoms with Crippen LogP contribution in [0.15, 0.2) is 24.7 Å². The maximum atomic E-state index is 13.2. The number of hydrogen-bond acceptors (Lipinski definition) is 4. The van der Waals surface area contributed by atoms with Gasteiger partial charge in [0.15, 0.2) is 0 Å². The van der Waals surface area contributed by atoms with Crippen LogP contribution in [0.1, 0.15) is 40.4 Å². The van der Waals surface area contributed by atoms with Gasteiger partial charge in [0.1, 0.15) is 0 Å². The summed E-state index contributed by atoms with van der Waals surface area (Å²) < 4.78 is 39.6. The largest absolute Gasteiger partial charge is 0.416 e. The van der Waals surface area contributed by atoms with Crippen molar-refractivity contribution >= 4 is 11.3 Å². The molecule has 2 heterocycles. The van der Waals surface area contributed by atoms with Gasteiger partial charge in [0.25, 0.3) is 0 Å². The number of nitrogens with one attached hydrogen (secondary N) is 1. The monoisotopic (exact) mass is 315 g/mol. The van der Waals surface area contributed by atoms with Crippen LogP contribution in [0.5, 0.6) is 0 Å². The Kier molecular flexibility index (Phi) is 4.95. The Labute approximate surface area is 125 Å². The van der Waals surface area contributed by atoms with Crippen molar-refractivity contribution in [2.45, 2.75) is 32.5 Å². The molecule has 2 aromatic rings. The fraction of sp³-hybridized carbons (Fsp3) is 0.429. The van der Waals surface area contributed by atoms with E-state index < -0.39 is 17.8 Å². The van der Waals surface area contributed by atoms with Gasteiger partial charge in [-0.1, -0.05) is 6.92 Å². The van der Waals surface area contributed by atoms with Crippen molar-refractivity contribution in [2.24, 2.45) is 0 Å². The minimum absolute atomic E-state index is 0.141. The van der Waals surface area contributed by atoms with E-state index in [9.17, 15) is 13.2 Å². The summed E-state index contributed by atoms with van der Waals surface area (Å²) in [5.74, 6) is 0. The molecule has 0 aromatic carbocycles. The van der Waals surface area contributed by atoms with Gasteiger partial charge in [-0.25, -0.2) is 4.98 Å². The fourth-order valence-corrected chi connectivity index (χ4v) is 2.94. The SMILES string of the molecule is CCCNC(c1cnc(C)s1)c1cnccc1C(F)(F)F. The van der Waals surface area contributed by atoms with E-state index in [0.29, 0.717) is 6.54 Å². The first-order valence-corrected chi connectivity index (χ1v) is 7.42. The van der Waals surface area contributed by atoms with E-state index >= 15 is 0 Å². The third kappa shape index (κ3) is 3.79. The highest BCUT2D eigenvalue weighted by Gasteiger charge is 2.35. The molecular weight excluding hydrogens is 299 g/mol. The highest BCUT2D eigenvalue weighted by molar-refractivity contribution is 7.11. The Morgan fingerprint density at radius 3 is 2.67 bits per heavy atom. The summed E-state index contributed by atoms with van der Waals surface area (Å²) in [5, 5.41) is 3.98. The first-order valence-electron chi connectivity index (χ1n) is 6.60. The third-order valence-electron chi connectivity index (χ3n) is 2.99. The lowest BCUT2D eigenvalue weighted by Gasteiger charge is -2.21. The van der Waals surface area contributed by atoms with Crippen LogP contribution in [0.3, 0.4) is 0 Å². The van der Waals surface area contributed by atoms with Crippen molar-refractivity contribution < 1.29 is 13.2 Å². The lowest BCUT2D eigenvalue weighted by Crippen LogP contribution is -2.25. The van der Waals surface area contributed by atoms with Crippen LogP contribution in [-0.2, 0) is 6.18 Å². The third-order valence-corrected chi connectivity index (χ3v) is 3.97. The van der Waals surface area contributed by atoms with Crippen molar-refractivity contribution in [2.75, 3.05) is 6.54 Å². The number of aryl methyl sites for hydroxylation is 1. The van der Waals surface area contributed by atoms with Crippen LogP contribution < -0.4 is 5.32 Å². The van der Waals surface area contributed by atoms with Gasteiger partial charge in [-0.3, -0.25) is 4.98 Å². The van der Waals surface area contributed by atoms with Crippen molar-refractivity contribution in [1.82, 2.24) is 15.3 Å². The molecule has 0 fully saturated rings. The molecule has 0 spiro atoms. The van der Waals surface area contributed by atoms with Crippen LogP contribution in [0.2, 0.25) is 0 Å². The number of hydrogen-bond donors (Lipinski definition) is 1. The Morgan fingerprint density at radius 1 is 1.33 bits per heavy atom. The van der Waals surface area contributed by atoms with Gasteiger partial charge in [0.05, 0.1) is 16.6 Å². The Hall–Kier alpha value is -1.47. The number of alkyl halides is 3. The van der Waals surface area contributed by atoms with Crippen molar-refractivity contribution in [3.05, 3.63) is 45.7 Å². The zero-order valence-electron chi connectivity index (χ0n) is 11.7. The molecule has 0 saturated heterocycles. The molecule has 2 rings (SSSR count). The average molecular weight is 315 g/mol. The molecule has 0 saturated carbocycles. The van der Waals surface area contributed by atoms with Crippen molar-refractivity contribution in [3.8, 4) is 0 Å². The van der Waals surface area contributed by atoms with Gasteiger partial charge in [-0.05, 0) is 26.0 Å². The van der Waals surface area contributed by atoms with E-state index in [2.05, 4.69) is 15.3 Å². The second kappa shape index (κ2) is 6.53. The lowest BCUT2D eigenvalue weighted by molar-refractivity contribution is -0.138. The number of pyridine rings is 1. The molecule has 2 aromatic heterocycles. The van der Waals surface area contributed by atoms with Gasteiger partial charge in [-0.15, -0.1) is 11.3 Å². The summed E-state index contributed by atoms with van der Waals surface area (Å²) in [6, 6.07) is 0.477. The van der Waals surface area contributed by atoms with Crippen LogP contribution in [0.4, 0.5) is 13.2 Å². The molecule has 0 aliphatic heterocycles. The second-order valence-electron chi connectivity index (χ2n) is 4.63. The molecule has 0 aliphatic rings. The van der Waals surface area contributed by atoms with E-state index in [0.717, 1.165) is 22.4 Å². The summed E-state index contributed by atoms with van der Waals surface area (Å²) in [6.45, 7) is 4.42. The standard InChI is InChI=1S/C14H16F3N3S/c1-3-5-19-13(12-8-20-9(2)21-12)10-7-18-6-4-11(10)14(15,16)17/h4,6-8,13,19H,3,5H2,1-2H3. The van der Waals surface area contributed by atoms with Crippen LogP contribution in [0.25, 0.3) is 0 Å². The number of halogens is 3. The second-order valence-corrected chi connectivity index (χ2v) is 5.90. The highest BCUT2D eigenvalue weighted by Crippen LogP contribution is 2.37. The van der Waals surface area contributed by atoms with E-state index in [-0.39, 0.29) is 5.56 Å². The maximum Gasteiger partial charge on any atom is 0.416 e.